The van der Waals surface area contributed by atoms with Gasteiger partial charge in [-0.1, -0.05) is 54.6 Å². The molecule has 1 fully saturated rings. The Balaban J connectivity index is 1.36. The number of aromatic nitrogens is 3. The van der Waals surface area contributed by atoms with Gasteiger partial charge in [-0.3, -0.25) is 14.6 Å². The molecule has 162 valence electrons. The number of carbonyl (C=O) groups excluding carboxylic acids is 1. The standard InChI is InChI=1S/C25H25N5OS/c31-24(23-12-7-17-32-23)30(25-26-19-29(27-25)21-10-5-2-6-11-21)22-13-15-28(16-14-22)18-20-8-3-1-4-9-20/h1-12,17,19,22H,13-16,18H2. The van der Waals surface area contributed by atoms with E-state index in [4.69, 9.17) is 0 Å². The van der Waals surface area contributed by atoms with Gasteiger partial charge in [0.1, 0.15) is 6.33 Å². The highest BCUT2D eigenvalue weighted by molar-refractivity contribution is 7.12. The third kappa shape index (κ3) is 4.49. The predicted octanol–water partition coefficient (Wildman–Crippen LogP) is 4.64. The minimum absolute atomic E-state index is 0.0210. The number of benzene rings is 2. The predicted molar refractivity (Wildman–Crippen MR) is 127 cm³/mol. The highest BCUT2D eigenvalue weighted by atomic mass is 32.1. The lowest BCUT2D eigenvalue weighted by Crippen LogP contribution is -2.47. The van der Waals surface area contributed by atoms with Gasteiger partial charge in [0.05, 0.1) is 10.6 Å². The van der Waals surface area contributed by atoms with Crippen LogP contribution in [-0.4, -0.2) is 44.7 Å². The number of nitrogens with zero attached hydrogens (tertiary/aromatic N) is 5. The first-order valence-electron chi connectivity index (χ1n) is 10.9. The average Bonchev–Trinajstić information content (AvgIpc) is 3.55. The number of rotatable bonds is 6. The van der Waals surface area contributed by atoms with Crippen LogP contribution in [-0.2, 0) is 6.54 Å². The molecule has 0 unspecified atom stereocenters. The summed E-state index contributed by atoms with van der Waals surface area (Å²) in [7, 11) is 0. The fourth-order valence-corrected chi connectivity index (χ4v) is 4.85. The van der Waals surface area contributed by atoms with Crippen LogP contribution in [0.3, 0.4) is 0 Å². The van der Waals surface area contributed by atoms with Crippen LogP contribution >= 0.6 is 11.3 Å². The Morgan fingerprint density at radius 2 is 1.69 bits per heavy atom. The Morgan fingerprint density at radius 1 is 0.969 bits per heavy atom. The van der Waals surface area contributed by atoms with E-state index in [2.05, 4.69) is 39.2 Å². The van der Waals surface area contributed by atoms with E-state index in [-0.39, 0.29) is 11.9 Å². The van der Waals surface area contributed by atoms with Crippen LogP contribution in [0.5, 0.6) is 0 Å². The molecule has 2 aromatic heterocycles. The first-order valence-corrected chi connectivity index (χ1v) is 11.8. The molecule has 3 heterocycles. The Labute approximate surface area is 191 Å². The van der Waals surface area contributed by atoms with Gasteiger partial charge in [0.2, 0.25) is 0 Å². The lowest BCUT2D eigenvalue weighted by atomic mass is 10.0. The Kier molecular flexibility index (Phi) is 6.09. The number of carbonyl (C=O) groups is 1. The largest absolute Gasteiger partial charge is 0.299 e. The van der Waals surface area contributed by atoms with Crippen molar-refractivity contribution in [1.82, 2.24) is 19.7 Å². The Hall–Kier alpha value is -3.29. The van der Waals surface area contributed by atoms with E-state index >= 15 is 0 Å². The van der Waals surface area contributed by atoms with E-state index < -0.39 is 0 Å². The molecular formula is C25H25N5OS. The van der Waals surface area contributed by atoms with Gasteiger partial charge in [-0.15, -0.1) is 16.4 Å². The number of thiophene rings is 1. The molecule has 1 amide bonds. The molecule has 2 aromatic carbocycles. The first kappa shape index (κ1) is 20.6. The maximum absolute atomic E-state index is 13.5. The number of anilines is 1. The topological polar surface area (TPSA) is 54.3 Å². The van der Waals surface area contributed by atoms with Crippen LogP contribution in [0, 0.1) is 0 Å². The number of para-hydroxylation sites is 1. The number of hydrogen-bond acceptors (Lipinski definition) is 5. The van der Waals surface area contributed by atoms with Gasteiger partial charge < -0.3 is 0 Å². The highest BCUT2D eigenvalue weighted by Crippen LogP contribution is 2.26. The molecule has 6 nitrogen and oxygen atoms in total. The molecule has 0 N–H and O–H groups in total. The van der Waals surface area contributed by atoms with Gasteiger partial charge in [-0.05, 0) is 42.0 Å². The van der Waals surface area contributed by atoms with Crippen molar-refractivity contribution in [3.63, 3.8) is 0 Å². The zero-order valence-electron chi connectivity index (χ0n) is 17.7. The van der Waals surface area contributed by atoms with Crippen molar-refractivity contribution < 1.29 is 4.79 Å². The first-order chi connectivity index (χ1) is 15.8. The van der Waals surface area contributed by atoms with E-state index in [1.807, 2.05) is 58.8 Å². The van der Waals surface area contributed by atoms with Gasteiger partial charge >= 0.3 is 0 Å². The third-order valence-electron chi connectivity index (χ3n) is 5.84. The summed E-state index contributed by atoms with van der Waals surface area (Å²) in [5, 5.41) is 6.61. The van der Waals surface area contributed by atoms with E-state index in [1.54, 1.807) is 11.0 Å². The fourth-order valence-electron chi connectivity index (χ4n) is 4.19. The maximum Gasteiger partial charge on any atom is 0.271 e. The van der Waals surface area contributed by atoms with Crippen LogP contribution in [0.25, 0.3) is 5.69 Å². The van der Waals surface area contributed by atoms with Gasteiger partial charge in [0, 0.05) is 25.7 Å². The second-order valence-electron chi connectivity index (χ2n) is 7.97. The molecule has 0 saturated carbocycles. The van der Waals surface area contributed by atoms with Gasteiger partial charge in [0.25, 0.3) is 11.9 Å². The summed E-state index contributed by atoms with van der Waals surface area (Å²) in [6.07, 6.45) is 3.47. The van der Waals surface area contributed by atoms with E-state index in [0.29, 0.717) is 10.8 Å². The molecule has 32 heavy (non-hydrogen) atoms. The van der Waals surface area contributed by atoms with Crippen LogP contribution in [0.2, 0.25) is 0 Å². The smallest absolute Gasteiger partial charge is 0.271 e. The molecule has 1 aliphatic heterocycles. The second kappa shape index (κ2) is 9.46. The average molecular weight is 444 g/mol. The summed E-state index contributed by atoms with van der Waals surface area (Å²) in [4.78, 5) is 23.0. The van der Waals surface area contributed by atoms with Crippen molar-refractivity contribution in [2.24, 2.45) is 0 Å². The molecule has 0 radical (unpaired) electrons. The molecule has 0 spiro atoms. The van der Waals surface area contributed by atoms with Crippen molar-refractivity contribution in [2.75, 3.05) is 18.0 Å². The normalized spacial score (nSPS) is 15.0. The quantitative estimate of drug-likeness (QED) is 0.436. The SMILES string of the molecule is O=C(c1cccs1)N(c1ncn(-c2ccccc2)n1)C1CCN(Cc2ccccc2)CC1. The van der Waals surface area contributed by atoms with Crippen LogP contribution < -0.4 is 4.90 Å². The molecule has 1 aliphatic rings. The number of piperidine rings is 1. The van der Waals surface area contributed by atoms with Gasteiger partial charge in [-0.2, -0.15) is 4.98 Å². The minimum atomic E-state index is -0.0210. The second-order valence-corrected chi connectivity index (χ2v) is 8.92. The Morgan fingerprint density at radius 3 is 2.38 bits per heavy atom. The zero-order chi connectivity index (χ0) is 21.8. The van der Waals surface area contributed by atoms with Gasteiger partial charge in [-0.25, -0.2) is 4.68 Å². The lowest BCUT2D eigenvalue weighted by molar-refractivity contribution is 0.0960. The molecule has 0 aliphatic carbocycles. The summed E-state index contributed by atoms with van der Waals surface area (Å²) < 4.78 is 1.73. The van der Waals surface area contributed by atoms with Gasteiger partial charge in [0.15, 0.2) is 0 Å². The summed E-state index contributed by atoms with van der Waals surface area (Å²) in [5.74, 6) is 0.445. The van der Waals surface area contributed by atoms with Crippen molar-refractivity contribution in [3.05, 3.63) is 94.9 Å². The molecule has 5 rings (SSSR count). The fraction of sp³-hybridized carbons (Fsp3) is 0.240. The number of hydrogen-bond donors (Lipinski definition) is 0. The summed E-state index contributed by atoms with van der Waals surface area (Å²) in [6.45, 7) is 2.81. The monoisotopic (exact) mass is 443 g/mol. The number of likely N-dealkylation sites (tertiary alicyclic amines) is 1. The summed E-state index contributed by atoms with van der Waals surface area (Å²) >= 11 is 1.46. The summed E-state index contributed by atoms with van der Waals surface area (Å²) in [5.41, 5.74) is 2.24. The maximum atomic E-state index is 13.5. The number of amides is 1. The lowest BCUT2D eigenvalue weighted by Gasteiger charge is -2.37. The zero-order valence-corrected chi connectivity index (χ0v) is 18.6. The molecule has 7 heteroatoms. The van der Waals surface area contributed by atoms with Crippen molar-refractivity contribution in [1.29, 1.82) is 0 Å². The van der Waals surface area contributed by atoms with E-state index in [1.165, 1.54) is 16.9 Å². The van der Waals surface area contributed by atoms with Crippen molar-refractivity contribution in [2.45, 2.75) is 25.4 Å². The van der Waals surface area contributed by atoms with E-state index in [9.17, 15) is 4.79 Å². The molecule has 0 atom stereocenters. The molecule has 1 saturated heterocycles. The molecular weight excluding hydrogens is 418 g/mol. The van der Waals surface area contributed by atoms with Crippen molar-refractivity contribution >= 4 is 23.2 Å². The minimum Gasteiger partial charge on any atom is -0.299 e. The third-order valence-corrected chi connectivity index (χ3v) is 6.70. The molecule has 4 aromatic rings. The summed E-state index contributed by atoms with van der Waals surface area (Å²) in [6, 6.07) is 24.3. The van der Waals surface area contributed by atoms with Crippen LogP contribution in [0.4, 0.5) is 5.95 Å². The highest BCUT2D eigenvalue weighted by Gasteiger charge is 2.32. The Bertz CT molecular complexity index is 1140. The van der Waals surface area contributed by atoms with Crippen molar-refractivity contribution in [3.8, 4) is 5.69 Å². The van der Waals surface area contributed by atoms with Crippen LogP contribution in [0.15, 0.2) is 84.5 Å². The molecule has 0 bridgehead atoms. The van der Waals surface area contributed by atoms with Crippen LogP contribution in [0.1, 0.15) is 28.1 Å². The van der Waals surface area contributed by atoms with E-state index in [0.717, 1.165) is 38.2 Å².